The zero-order chi connectivity index (χ0) is 14.5. The lowest BCUT2D eigenvalue weighted by Gasteiger charge is -2.30. The van der Waals surface area contributed by atoms with Crippen molar-refractivity contribution < 1.29 is 9.59 Å². The number of carbonyl (C=O) groups excluding carboxylic acids is 2. The van der Waals surface area contributed by atoms with Gasteiger partial charge in [0.1, 0.15) is 5.78 Å². The Morgan fingerprint density at radius 3 is 2.95 bits per heavy atom. The summed E-state index contributed by atoms with van der Waals surface area (Å²) in [7, 11) is 0. The van der Waals surface area contributed by atoms with Crippen LogP contribution in [0.2, 0.25) is 5.02 Å². The molecule has 108 valence electrons. The van der Waals surface area contributed by atoms with Crippen molar-refractivity contribution in [1.82, 2.24) is 4.90 Å². The first-order valence-electron chi connectivity index (χ1n) is 6.83. The maximum Gasteiger partial charge on any atom is 0.238 e. The molecular weight excluding hydrogens is 276 g/mol. The van der Waals surface area contributed by atoms with Crippen LogP contribution in [0.5, 0.6) is 0 Å². The summed E-state index contributed by atoms with van der Waals surface area (Å²) in [5.74, 6) is 0.212. The van der Waals surface area contributed by atoms with Crippen molar-refractivity contribution in [2.24, 2.45) is 5.92 Å². The highest BCUT2D eigenvalue weighted by molar-refractivity contribution is 6.30. The fourth-order valence-corrected chi connectivity index (χ4v) is 2.69. The third-order valence-electron chi connectivity index (χ3n) is 3.56. The second-order valence-corrected chi connectivity index (χ2v) is 5.68. The minimum Gasteiger partial charge on any atom is -0.325 e. The third-order valence-corrected chi connectivity index (χ3v) is 3.79. The summed E-state index contributed by atoms with van der Waals surface area (Å²) in [5.41, 5.74) is 0.697. The average Bonchev–Trinajstić information content (AvgIpc) is 2.38. The fourth-order valence-electron chi connectivity index (χ4n) is 2.50. The minimum atomic E-state index is -0.0727. The van der Waals surface area contributed by atoms with Gasteiger partial charge in [-0.25, -0.2) is 0 Å². The van der Waals surface area contributed by atoms with Crippen molar-refractivity contribution in [2.75, 3.05) is 25.0 Å². The van der Waals surface area contributed by atoms with E-state index in [1.165, 1.54) is 0 Å². The number of benzene rings is 1. The molecule has 5 heteroatoms. The second kappa shape index (κ2) is 6.86. The first-order valence-corrected chi connectivity index (χ1v) is 7.20. The Kier molecular flexibility index (Phi) is 5.15. The number of halogens is 1. The highest BCUT2D eigenvalue weighted by Crippen LogP contribution is 2.18. The Balaban J connectivity index is 1.86. The molecule has 1 aliphatic rings. The van der Waals surface area contributed by atoms with Gasteiger partial charge in [0.25, 0.3) is 0 Å². The number of piperidine rings is 1. The van der Waals surface area contributed by atoms with Crippen LogP contribution in [0.3, 0.4) is 0 Å². The van der Waals surface area contributed by atoms with Crippen molar-refractivity contribution in [1.29, 1.82) is 0 Å². The minimum absolute atomic E-state index is 0.0720. The number of anilines is 1. The molecule has 1 amide bonds. The Labute approximate surface area is 124 Å². The molecule has 0 saturated carbocycles. The maximum absolute atomic E-state index is 12.0. The average molecular weight is 295 g/mol. The Morgan fingerprint density at radius 1 is 1.45 bits per heavy atom. The molecular formula is C15H19ClN2O2. The van der Waals surface area contributed by atoms with Crippen LogP contribution in [0.1, 0.15) is 19.8 Å². The largest absolute Gasteiger partial charge is 0.325 e. The molecule has 1 aromatic carbocycles. The predicted molar refractivity (Wildman–Crippen MR) is 79.9 cm³/mol. The lowest BCUT2D eigenvalue weighted by molar-refractivity contribution is -0.124. The molecule has 20 heavy (non-hydrogen) atoms. The summed E-state index contributed by atoms with van der Waals surface area (Å²) in [5, 5.41) is 3.42. The van der Waals surface area contributed by atoms with Crippen LogP contribution in [0, 0.1) is 5.92 Å². The zero-order valence-electron chi connectivity index (χ0n) is 11.6. The molecule has 1 aromatic rings. The molecule has 1 atom stereocenters. The van der Waals surface area contributed by atoms with Gasteiger partial charge in [-0.3, -0.25) is 14.5 Å². The van der Waals surface area contributed by atoms with Gasteiger partial charge in [-0.2, -0.15) is 0 Å². The van der Waals surface area contributed by atoms with Gasteiger partial charge >= 0.3 is 0 Å². The monoisotopic (exact) mass is 294 g/mol. The van der Waals surface area contributed by atoms with Crippen LogP contribution in [-0.2, 0) is 9.59 Å². The molecule has 1 heterocycles. The number of amides is 1. The van der Waals surface area contributed by atoms with Gasteiger partial charge < -0.3 is 5.32 Å². The van der Waals surface area contributed by atoms with Crippen molar-refractivity contribution in [3.05, 3.63) is 29.3 Å². The number of hydrogen-bond acceptors (Lipinski definition) is 3. The first-order chi connectivity index (χ1) is 9.54. The van der Waals surface area contributed by atoms with E-state index in [-0.39, 0.29) is 17.6 Å². The van der Waals surface area contributed by atoms with E-state index < -0.39 is 0 Å². The molecule has 1 N–H and O–H groups in total. The fraction of sp³-hybridized carbons (Fsp3) is 0.467. The van der Waals surface area contributed by atoms with Gasteiger partial charge in [0.2, 0.25) is 5.91 Å². The molecule has 1 saturated heterocycles. The summed E-state index contributed by atoms with van der Waals surface area (Å²) in [4.78, 5) is 25.4. The van der Waals surface area contributed by atoms with E-state index in [0.717, 1.165) is 19.4 Å². The Bertz CT molecular complexity index is 504. The number of carbonyl (C=O) groups is 2. The number of rotatable bonds is 4. The third kappa shape index (κ3) is 4.32. The van der Waals surface area contributed by atoms with E-state index in [9.17, 15) is 9.59 Å². The topological polar surface area (TPSA) is 49.4 Å². The number of nitrogens with one attached hydrogen (secondary N) is 1. The lowest BCUT2D eigenvalue weighted by Crippen LogP contribution is -2.42. The zero-order valence-corrected chi connectivity index (χ0v) is 12.3. The van der Waals surface area contributed by atoms with Gasteiger partial charge in [0, 0.05) is 23.2 Å². The summed E-state index contributed by atoms with van der Waals surface area (Å²) < 4.78 is 0. The summed E-state index contributed by atoms with van der Waals surface area (Å²) in [6.07, 6.45) is 1.90. The van der Waals surface area contributed by atoms with E-state index in [1.807, 2.05) is 4.90 Å². The molecule has 4 nitrogen and oxygen atoms in total. The summed E-state index contributed by atoms with van der Waals surface area (Å²) in [6, 6.07) is 7.08. The van der Waals surface area contributed by atoms with Crippen LogP contribution in [0.25, 0.3) is 0 Å². The van der Waals surface area contributed by atoms with Crippen LogP contribution < -0.4 is 5.32 Å². The maximum atomic E-state index is 12.0. The van der Waals surface area contributed by atoms with Crippen LogP contribution in [-0.4, -0.2) is 36.2 Å². The number of ketones is 1. The first kappa shape index (κ1) is 15.0. The van der Waals surface area contributed by atoms with E-state index in [4.69, 9.17) is 11.6 Å². The summed E-state index contributed by atoms with van der Waals surface area (Å²) >= 11 is 5.87. The van der Waals surface area contributed by atoms with Crippen molar-refractivity contribution in [3.8, 4) is 0 Å². The molecule has 0 aromatic heterocycles. The molecule has 2 rings (SSSR count). The Hall–Kier alpha value is -1.39. The molecule has 1 fully saturated rings. The Morgan fingerprint density at radius 2 is 2.25 bits per heavy atom. The van der Waals surface area contributed by atoms with Crippen molar-refractivity contribution >= 4 is 29.0 Å². The number of hydrogen-bond donors (Lipinski definition) is 1. The molecule has 0 radical (unpaired) electrons. The van der Waals surface area contributed by atoms with Crippen molar-refractivity contribution in [3.63, 3.8) is 0 Å². The van der Waals surface area contributed by atoms with E-state index >= 15 is 0 Å². The quantitative estimate of drug-likeness (QED) is 0.928. The van der Waals surface area contributed by atoms with E-state index in [2.05, 4.69) is 5.32 Å². The predicted octanol–water partition coefficient (Wildman–Crippen LogP) is 2.58. The van der Waals surface area contributed by atoms with Gasteiger partial charge in [-0.1, -0.05) is 17.7 Å². The number of nitrogens with zero attached hydrogens (tertiary/aromatic N) is 1. The van der Waals surface area contributed by atoms with Gasteiger partial charge in [0.15, 0.2) is 0 Å². The lowest BCUT2D eigenvalue weighted by atomic mass is 9.95. The van der Waals surface area contributed by atoms with E-state index in [1.54, 1.807) is 31.2 Å². The second-order valence-electron chi connectivity index (χ2n) is 5.24. The normalized spacial score (nSPS) is 19.6. The molecule has 1 aliphatic heterocycles. The smallest absolute Gasteiger partial charge is 0.238 e. The van der Waals surface area contributed by atoms with E-state index in [0.29, 0.717) is 23.8 Å². The highest BCUT2D eigenvalue weighted by atomic mass is 35.5. The molecule has 0 spiro atoms. The molecule has 1 unspecified atom stereocenters. The van der Waals surface area contributed by atoms with Crippen LogP contribution >= 0.6 is 11.6 Å². The van der Waals surface area contributed by atoms with Gasteiger partial charge in [-0.15, -0.1) is 0 Å². The highest BCUT2D eigenvalue weighted by Gasteiger charge is 2.24. The van der Waals surface area contributed by atoms with Gasteiger partial charge in [-0.05, 0) is 44.5 Å². The molecule has 0 aliphatic carbocycles. The number of Topliss-reactive ketones (excluding diaryl/α,β-unsaturated/α-hetero) is 1. The SMILES string of the molecule is CC(=O)C1CCCN(CC(=O)Nc2cccc(Cl)c2)C1. The summed E-state index contributed by atoms with van der Waals surface area (Å²) in [6.45, 7) is 3.49. The number of likely N-dealkylation sites (tertiary alicyclic amines) is 1. The van der Waals surface area contributed by atoms with Crippen LogP contribution in [0.15, 0.2) is 24.3 Å². The van der Waals surface area contributed by atoms with Gasteiger partial charge in [0.05, 0.1) is 6.54 Å². The molecule has 0 bridgehead atoms. The van der Waals surface area contributed by atoms with Crippen molar-refractivity contribution in [2.45, 2.75) is 19.8 Å². The van der Waals surface area contributed by atoms with Crippen LogP contribution in [0.4, 0.5) is 5.69 Å². The standard InChI is InChI=1S/C15H19ClN2O2/c1-11(19)12-4-3-7-18(9-12)10-15(20)17-14-6-2-5-13(16)8-14/h2,5-6,8,12H,3-4,7,9-10H2,1H3,(H,17,20).